The molecule has 1 N–H and O–H groups in total. The van der Waals surface area contributed by atoms with Gasteiger partial charge in [0.25, 0.3) is 0 Å². The van der Waals surface area contributed by atoms with Crippen LogP contribution in [-0.4, -0.2) is 23.8 Å². The summed E-state index contributed by atoms with van der Waals surface area (Å²) in [5, 5.41) is 9.47. The Hall–Kier alpha value is -0.570. The molecule has 0 radical (unpaired) electrons. The van der Waals surface area contributed by atoms with E-state index in [0.717, 1.165) is 25.7 Å². The smallest absolute Gasteiger partial charge is 0.335 e. The van der Waals surface area contributed by atoms with Crippen LogP contribution >= 0.6 is 0 Å². The number of esters is 1. The van der Waals surface area contributed by atoms with Gasteiger partial charge in [-0.1, -0.05) is 12.8 Å². The van der Waals surface area contributed by atoms with E-state index in [4.69, 9.17) is 4.74 Å². The van der Waals surface area contributed by atoms with Gasteiger partial charge in [-0.25, -0.2) is 4.79 Å². The zero-order valence-electron chi connectivity index (χ0n) is 7.45. The van der Waals surface area contributed by atoms with Gasteiger partial charge in [0.1, 0.15) is 0 Å². The van der Waals surface area contributed by atoms with Crippen LogP contribution in [0.25, 0.3) is 0 Å². The van der Waals surface area contributed by atoms with Crippen LogP contribution < -0.4 is 0 Å². The number of carbonyl (C=O) groups is 1. The Morgan fingerprint density at radius 3 is 2.67 bits per heavy atom. The molecule has 0 spiro atoms. The molecule has 70 valence electrons. The second-order valence-electron chi connectivity index (χ2n) is 3.24. The molecule has 12 heavy (non-hydrogen) atoms. The highest BCUT2D eigenvalue weighted by Crippen LogP contribution is 2.28. The topological polar surface area (TPSA) is 46.5 Å². The monoisotopic (exact) mass is 172 g/mol. The maximum Gasteiger partial charge on any atom is 0.335 e. The van der Waals surface area contributed by atoms with Crippen LogP contribution in [0.15, 0.2) is 0 Å². The predicted octanol–water partition coefficient (Wildman–Crippen LogP) is 1.10. The van der Waals surface area contributed by atoms with Gasteiger partial charge in [0.2, 0.25) is 0 Å². The number of aliphatic hydroxyl groups is 1. The molecule has 0 saturated heterocycles. The molecule has 1 aliphatic rings. The second-order valence-corrected chi connectivity index (χ2v) is 3.24. The lowest BCUT2D eigenvalue weighted by atomic mass is 10.0. The average Bonchev–Trinajstić information content (AvgIpc) is 2.55. The van der Waals surface area contributed by atoms with Crippen LogP contribution in [0.2, 0.25) is 0 Å². The van der Waals surface area contributed by atoms with Crippen LogP contribution in [0.3, 0.4) is 0 Å². The molecular weight excluding hydrogens is 156 g/mol. The van der Waals surface area contributed by atoms with Crippen molar-refractivity contribution >= 4 is 5.97 Å². The Balaban J connectivity index is 2.34. The van der Waals surface area contributed by atoms with Crippen molar-refractivity contribution in [3.05, 3.63) is 0 Å². The minimum atomic E-state index is -0.882. The van der Waals surface area contributed by atoms with E-state index in [1.165, 1.54) is 0 Å². The van der Waals surface area contributed by atoms with E-state index < -0.39 is 12.1 Å². The molecule has 3 heteroatoms. The summed E-state index contributed by atoms with van der Waals surface area (Å²) >= 11 is 0. The molecule has 0 aromatic carbocycles. The van der Waals surface area contributed by atoms with E-state index in [-0.39, 0.29) is 5.92 Å². The Morgan fingerprint density at radius 1 is 1.58 bits per heavy atom. The van der Waals surface area contributed by atoms with Crippen molar-refractivity contribution in [1.29, 1.82) is 0 Å². The molecular formula is C9H16O3. The zero-order chi connectivity index (χ0) is 8.97. The third-order valence-electron chi connectivity index (χ3n) is 2.37. The molecule has 0 aromatic heterocycles. The summed E-state index contributed by atoms with van der Waals surface area (Å²) in [4.78, 5) is 11.1. The van der Waals surface area contributed by atoms with E-state index >= 15 is 0 Å². The molecule has 0 amide bonds. The van der Waals surface area contributed by atoms with Gasteiger partial charge >= 0.3 is 5.97 Å². The van der Waals surface area contributed by atoms with Crippen molar-refractivity contribution in [2.45, 2.75) is 38.7 Å². The van der Waals surface area contributed by atoms with Crippen LogP contribution in [-0.2, 0) is 9.53 Å². The highest BCUT2D eigenvalue weighted by molar-refractivity contribution is 5.74. The van der Waals surface area contributed by atoms with Crippen molar-refractivity contribution in [2.24, 2.45) is 5.92 Å². The molecule has 1 fully saturated rings. The van der Waals surface area contributed by atoms with E-state index in [9.17, 15) is 9.90 Å². The summed E-state index contributed by atoms with van der Waals surface area (Å²) in [5.74, 6) is -0.312. The number of aliphatic hydroxyl groups excluding tert-OH is 1. The van der Waals surface area contributed by atoms with Gasteiger partial charge < -0.3 is 9.84 Å². The number of carbonyl (C=O) groups excluding carboxylic acids is 1. The summed E-state index contributed by atoms with van der Waals surface area (Å²) in [6.07, 6.45) is 3.29. The van der Waals surface area contributed by atoms with Gasteiger partial charge in [0.05, 0.1) is 6.61 Å². The number of rotatable bonds is 3. The first-order chi connectivity index (χ1) is 5.75. The maximum atomic E-state index is 11.1. The number of hydrogen-bond donors (Lipinski definition) is 1. The largest absolute Gasteiger partial charge is 0.464 e. The highest BCUT2D eigenvalue weighted by atomic mass is 16.5. The lowest BCUT2D eigenvalue weighted by molar-refractivity contribution is -0.155. The van der Waals surface area contributed by atoms with Crippen molar-refractivity contribution in [2.75, 3.05) is 6.61 Å². The first-order valence-electron chi connectivity index (χ1n) is 4.60. The highest BCUT2D eigenvalue weighted by Gasteiger charge is 2.29. The Bertz CT molecular complexity index is 150. The Labute approximate surface area is 72.7 Å². The molecule has 0 aromatic rings. The fourth-order valence-electron chi connectivity index (χ4n) is 1.69. The molecule has 1 saturated carbocycles. The van der Waals surface area contributed by atoms with Gasteiger partial charge in [-0.15, -0.1) is 0 Å². The SMILES string of the molecule is CCOC(=O)[C@@H](O)C1CCCC1. The number of ether oxygens (including phenoxy) is 1. The van der Waals surface area contributed by atoms with Gasteiger partial charge in [0.15, 0.2) is 6.10 Å². The molecule has 0 heterocycles. The number of hydrogen-bond acceptors (Lipinski definition) is 3. The first-order valence-corrected chi connectivity index (χ1v) is 4.60. The van der Waals surface area contributed by atoms with Crippen LogP contribution in [0, 0.1) is 5.92 Å². The Morgan fingerprint density at radius 2 is 2.17 bits per heavy atom. The molecule has 1 aliphatic carbocycles. The predicted molar refractivity (Wildman–Crippen MR) is 44.6 cm³/mol. The molecule has 0 unspecified atom stereocenters. The summed E-state index contributed by atoms with van der Waals surface area (Å²) < 4.78 is 4.73. The summed E-state index contributed by atoms with van der Waals surface area (Å²) in [6, 6.07) is 0. The summed E-state index contributed by atoms with van der Waals surface area (Å²) in [6.45, 7) is 2.10. The minimum absolute atomic E-state index is 0.143. The van der Waals surface area contributed by atoms with Crippen molar-refractivity contribution in [3.63, 3.8) is 0 Å². The fourth-order valence-corrected chi connectivity index (χ4v) is 1.69. The molecule has 3 nitrogen and oxygen atoms in total. The molecule has 1 rings (SSSR count). The zero-order valence-corrected chi connectivity index (χ0v) is 7.45. The van der Waals surface area contributed by atoms with Crippen molar-refractivity contribution < 1.29 is 14.6 Å². The van der Waals surface area contributed by atoms with Gasteiger partial charge in [-0.2, -0.15) is 0 Å². The molecule has 1 atom stereocenters. The normalized spacial score (nSPS) is 20.8. The first kappa shape index (κ1) is 9.52. The van der Waals surface area contributed by atoms with Gasteiger partial charge in [-0.05, 0) is 25.7 Å². The van der Waals surface area contributed by atoms with Crippen LogP contribution in [0.5, 0.6) is 0 Å². The standard InChI is InChI=1S/C9H16O3/c1-2-12-9(11)8(10)7-5-3-4-6-7/h7-8,10H,2-6H2,1H3/t8-/m0/s1. The summed E-state index contributed by atoms with van der Waals surface area (Å²) in [7, 11) is 0. The van der Waals surface area contributed by atoms with Crippen molar-refractivity contribution in [3.8, 4) is 0 Å². The third-order valence-corrected chi connectivity index (χ3v) is 2.37. The molecule has 0 bridgehead atoms. The lowest BCUT2D eigenvalue weighted by Gasteiger charge is -2.15. The van der Waals surface area contributed by atoms with Crippen LogP contribution in [0.4, 0.5) is 0 Å². The maximum absolute atomic E-state index is 11.1. The quantitative estimate of drug-likeness (QED) is 0.648. The fraction of sp³-hybridized carbons (Fsp3) is 0.889. The van der Waals surface area contributed by atoms with E-state index in [2.05, 4.69) is 0 Å². The second kappa shape index (κ2) is 4.45. The van der Waals surface area contributed by atoms with Gasteiger partial charge in [-0.3, -0.25) is 0 Å². The molecule has 0 aliphatic heterocycles. The average molecular weight is 172 g/mol. The Kier molecular flexibility index (Phi) is 3.53. The third kappa shape index (κ3) is 2.21. The van der Waals surface area contributed by atoms with E-state index in [1.54, 1.807) is 6.92 Å². The van der Waals surface area contributed by atoms with Gasteiger partial charge in [0, 0.05) is 0 Å². The summed E-state index contributed by atoms with van der Waals surface area (Å²) in [5.41, 5.74) is 0. The lowest BCUT2D eigenvalue weighted by Crippen LogP contribution is -2.29. The minimum Gasteiger partial charge on any atom is -0.464 e. The van der Waals surface area contributed by atoms with E-state index in [1.807, 2.05) is 0 Å². The van der Waals surface area contributed by atoms with Crippen LogP contribution in [0.1, 0.15) is 32.6 Å². The van der Waals surface area contributed by atoms with E-state index in [0.29, 0.717) is 6.61 Å². The van der Waals surface area contributed by atoms with Crippen molar-refractivity contribution in [1.82, 2.24) is 0 Å².